The fourth-order valence-corrected chi connectivity index (χ4v) is 2.64. The SMILES string of the molecule is CCOc1ccc2oc(C(=O)NCc3ccc(C)cc3)c(C)c2c1. The summed E-state index contributed by atoms with van der Waals surface area (Å²) in [6.45, 7) is 6.95. The average Bonchev–Trinajstić information content (AvgIpc) is 2.91. The molecule has 24 heavy (non-hydrogen) atoms. The Hall–Kier alpha value is -2.75. The number of hydrogen-bond donors (Lipinski definition) is 1. The van der Waals surface area contributed by atoms with Crippen LogP contribution in [0.25, 0.3) is 11.0 Å². The number of carbonyl (C=O) groups excluding carboxylic acids is 1. The van der Waals surface area contributed by atoms with Gasteiger partial charge >= 0.3 is 0 Å². The van der Waals surface area contributed by atoms with Gasteiger partial charge in [0.2, 0.25) is 0 Å². The van der Waals surface area contributed by atoms with Gasteiger partial charge in [-0.2, -0.15) is 0 Å². The second-order valence-electron chi connectivity index (χ2n) is 5.82. The maximum Gasteiger partial charge on any atom is 0.287 e. The Balaban J connectivity index is 1.79. The number of hydrogen-bond acceptors (Lipinski definition) is 3. The van der Waals surface area contributed by atoms with Crippen LogP contribution in [0, 0.1) is 13.8 Å². The lowest BCUT2D eigenvalue weighted by Crippen LogP contribution is -2.22. The summed E-state index contributed by atoms with van der Waals surface area (Å²) in [5, 5.41) is 3.82. The van der Waals surface area contributed by atoms with E-state index in [9.17, 15) is 4.79 Å². The summed E-state index contributed by atoms with van der Waals surface area (Å²) in [6.07, 6.45) is 0. The first-order chi connectivity index (χ1) is 11.6. The van der Waals surface area contributed by atoms with Crippen molar-refractivity contribution in [3.05, 3.63) is 64.9 Å². The van der Waals surface area contributed by atoms with E-state index in [2.05, 4.69) is 5.32 Å². The summed E-state index contributed by atoms with van der Waals surface area (Å²) in [6, 6.07) is 13.7. The predicted molar refractivity (Wildman–Crippen MR) is 94.5 cm³/mol. The summed E-state index contributed by atoms with van der Waals surface area (Å²) >= 11 is 0. The number of rotatable bonds is 5. The molecule has 1 amide bonds. The number of carbonyl (C=O) groups is 1. The Morgan fingerprint density at radius 2 is 1.88 bits per heavy atom. The summed E-state index contributed by atoms with van der Waals surface area (Å²) in [4.78, 5) is 12.4. The van der Waals surface area contributed by atoms with Gasteiger partial charge < -0.3 is 14.5 Å². The zero-order valence-electron chi connectivity index (χ0n) is 14.2. The van der Waals surface area contributed by atoms with Crippen LogP contribution in [0.4, 0.5) is 0 Å². The van der Waals surface area contributed by atoms with Crippen molar-refractivity contribution in [2.24, 2.45) is 0 Å². The van der Waals surface area contributed by atoms with Gasteiger partial charge in [-0.1, -0.05) is 29.8 Å². The molecule has 0 unspecified atom stereocenters. The molecular formula is C20H21NO3. The highest BCUT2D eigenvalue weighted by Crippen LogP contribution is 2.28. The number of amides is 1. The first-order valence-electron chi connectivity index (χ1n) is 8.08. The third-order valence-electron chi connectivity index (χ3n) is 4.00. The van der Waals surface area contributed by atoms with Crippen molar-refractivity contribution in [2.75, 3.05) is 6.61 Å². The van der Waals surface area contributed by atoms with Crippen molar-refractivity contribution in [2.45, 2.75) is 27.3 Å². The standard InChI is InChI=1S/C20H21NO3/c1-4-23-16-9-10-18-17(11-16)14(3)19(24-18)20(22)21-12-15-7-5-13(2)6-8-15/h5-11H,4,12H2,1-3H3,(H,21,22). The molecule has 1 N–H and O–H groups in total. The van der Waals surface area contributed by atoms with Crippen molar-refractivity contribution in [1.82, 2.24) is 5.32 Å². The lowest BCUT2D eigenvalue weighted by Gasteiger charge is -2.04. The smallest absolute Gasteiger partial charge is 0.287 e. The average molecular weight is 323 g/mol. The maximum absolute atomic E-state index is 12.4. The second-order valence-corrected chi connectivity index (χ2v) is 5.82. The molecule has 4 nitrogen and oxygen atoms in total. The van der Waals surface area contributed by atoms with Crippen molar-refractivity contribution in [1.29, 1.82) is 0 Å². The number of aryl methyl sites for hydroxylation is 2. The van der Waals surface area contributed by atoms with Gasteiger partial charge in [-0.25, -0.2) is 0 Å². The highest BCUT2D eigenvalue weighted by atomic mass is 16.5. The maximum atomic E-state index is 12.4. The molecule has 0 radical (unpaired) electrons. The van der Waals surface area contributed by atoms with Crippen LogP contribution in [0.2, 0.25) is 0 Å². The van der Waals surface area contributed by atoms with Gasteiger partial charge in [0, 0.05) is 17.5 Å². The Kier molecular flexibility index (Phi) is 4.56. The molecule has 1 aromatic heterocycles. The van der Waals surface area contributed by atoms with E-state index in [1.54, 1.807) is 0 Å². The molecule has 0 spiro atoms. The first-order valence-corrected chi connectivity index (χ1v) is 8.08. The molecule has 3 aromatic rings. The van der Waals surface area contributed by atoms with Gasteiger partial charge in [0.1, 0.15) is 11.3 Å². The molecule has 0 aliphatic rings. The first kappa shape index (κ1) is 16.1. The number of fused-ring (bicyclic) bond motifs is 1. The minimum Gasteiger partial charge on any atom is -0.494 e. The quantitative estimate of drug-likeness (QED) is 0.758. The normalized spacial score (nSPS) is 10.8. The van der Waals surface area contributed by atoms with Crippen LogP contribution in [0.15, 0.2) is 46.9 Å². The second kappa shape index (κ2) is 6.79. The molecule has 0 bridgehead atoms. The van der Waals surface area contributed by atoms with Gasteiger partial charge in [-0.05, 0) is 44.5 Å². The van der Waals surface area contributed by atoms with Crippen LogP contribution in [-0.2, 0) is 6.54 Å². The van der Waals surface area contributed by atoms with Crippen molar-refractivity contribution < 1.29 is 13.9 Å². The monoisotopic (exact) mass is 323 g/mol. The van der Waals surface area contributed by atoms with Crippen molar-refractivity contribution in [3.8, 4) is 5.75 Å². The molecule has 124 valence electrons. The van der Waals surface area contributed by atoms with Gasteiger partial charge in [-0.3, -0.25) is 4.79 Å². The zero-order chi connectivity index (χ0) is 17.1. The molecule has 0 saturated carbocycles. The van der Waals surface area contributed by atoms with Crippen LogP contribution >= 0.6 is 0 Å². The molecule has 1 heterocycles. The van der Waals surface area contributed by atoms with E-state index in [1.165, 1.54) is 5.56 Å². The van der Waals surface area contributed by atoms with Gasteiger partial charge in [0.05, 0.1) is 6.61 Å². The zero-order valence-corrected chi connectivity index (χ0v) is 14.2. The van der Waals surface area contributed by atoms with E-state index < -0.39 is 0 Å². The van der Waals surface area contributed by atoms with E-state index in [4.69, 9.17) is 9.15 Å². The molecule has 0 fully saturated rings. The predicted octanol–water partition coefficient (Wildman–Crippen LogP) is 4.38. The summed E-state index contributed by atoms with van der Waals surface area (Å²) in [7, 11) is 0. The van der Waals surface area contributed by atoms with Crippen molar-refractivity contribution >= 4 is 16.9 Å². The van der Waals surface area contributed by atoms with Crippen molar-refractivity contribution in [3.63, 3.8) is 0 Å². The fraction of sp³-hybridized carbons (Fsp3) is 0.250. The van der Waals surface area contributed by atoms with Crippen LogP contribution in [0.5, 0.6) is 5.75 Å². The van der Waals surface area contributed by atoms with E-state index in [0.29, 0.717) is 24.5 Å². The number of nitrogens with one attached hydrogen (secondary N) is 1. The van der Waals surface area contributed by atoms with Crippen LogP contribution in [0.3, 0.4) is 0 Å². The largest absolute Gasteiger partial charge is 0.494 e. The molecule has 4 heteroatoms. The van der Waals surface area contributed by atoms with E-state index in [1.807, 2.05) is 63.2 Å². The van der Waals surface area contributed by atoms with Gasteiger partial charge in [-0.15, -0.1) is 0 Å². The topological polar surface area (TPSA) is 51.5 Å². The van der Waals surface area contributed by atoms with Crippen LogP contribution in [0.1, 0.15) is 34.2 Å². The third kappa shape index (κ3) is 3.27. The minimum absolute atomic E-state index is 0.206. The highest BCUT2D eigenvalue weighted by Gasteiger charge is 2.17. The van der Waals surface area contributed by atoms with Crippen LogP contribution < -0.4 is 10.1 Å². The Labute approximate surface area is 141 Å². The fourth-order valence-electron chi connectivity index (χ4n) is 2.64. The summed E-state index contributed by atoms with van der Waals surface area (Å²) in [5.41, 5.74) is 3.77. The van der Waals surface area contributed by atoms with E-state index in [0.717, 1.165) is 22.3 Å². The summed E-state index contributed by atoms with van der Waals surface area (Å²) < 4.78 is 11.2. The Morgan fingerprint density at radius 1 is 1.12 bits per heavy atom. The molecule has 2 aromatic carbocycles. The van der Waals surface area contributed by atoms with Gasteiger partial charge in [0.15, 0.2) is 5.76 Å². The molecule has 0 atom stereocenters. The van der Waals surface area contributed by atoms with Gasteiger partial charge in [0.25, 0.3) is 5.91 Å². The Morgan fingerprint density at radius 3 is 2.58 bits per heavy atom. The molecular weight excluding hydrogens is 302 g/mol. The Bertz CT molecular complexity index is 862. The number of benzene rings is 2. The lowest BCUT2D eigenvalue weighted by atomic mass is 10.1. The minimum atomic E-state index is -0.206. The van der Waals surface area contributed by atoms with E-state index >= 15 is 0 Å². The lowest BCUT2D eigenvalue weighted by molar-refractivity contribution is 0.0924. The number of ether oxygens (including phenoxy) is 1. The molecule has 0 aliphatic heterocycles. The highest BCUT2D eigenvalue weighted by molar-refractivity contribution is 5.99. The third-order valence-corrected chi connectivity index (χ3v) is 4.00. The summed E-state index contributed by atoms with van der Waals surface area (Å²) in [5.74, 6) is 0.925. The molecule has 3 rings (SSSR count). The molecule has 0 aliphatic carbocycles. The molecule has 0 saturated heterocycles. The van der Waals surface area contributed by atoms with E-state index in [-0.39, 0.29) is 5.91 Å². The van der Waals surface area contributed by atoms with Crippen LogP contribution in [-0.4, -0.2) is 12.5 Å². The number of furan rings is 1.